The highest BCUT2D eigenvalue weighted by molar-refractivity contribution is 7.87. The van der Waals surface area contributed by atoms with E-state index in [0.717, 1.165) is 12.0 Å². The third-order valence-corrected chi connectivity index (χ3v) is 4.91. The minimum Gasteiger partial charge on any atom is -0.382 e. The molecule has 0 N–H and O–H groups in total. The van der Waals surface area contributed by atoms with Crippen LogP contribution in [0.4, 0.5) is 0 Å². The standard InChI is InChI=1S/C16H24ClNO4S/c1-5-12(3)18(16(19)13(4)17)11-14-8-7-9-15(10-14)22-23(20,21)6-2/h7-10,12-13H,5-6,11H2,1-4H3/t12-,13-/m0/s1. The molecule has 0 aliphatic heterocycles. The van der Waals surface area contributed by atoms with Gasteiger partial charge >= 0.3 is 10.1 Å². The molecule has 0 radical (unpaired) electrons. The van der Waals surface area contributed by atoms with Crippen LogP contribution in [0.2, 0.25) is 0 Å². The molecule has 1 rings (SSSR count). The average Bonchev–Trinajstić information content (AvgIpc) is 2.51. The van der Waals surface area contributed by atoms with Crippen molar-refractivity contribution in [1.82, 2.24) is 4.90 Å². The molecule has 7 heteroatoms. The summed E-state index contributed by atoms with van der Waals surface area (Å²) in [4.78, 5) is 14.0. The monoisotopic (exact) mass is 361 g/mol. The maximum atomic E-state index is 12.3. The summed E-state index contributed by atoms with van der Waals surface area (Å²) in [6.07, 6.45) is 0.801. The largest absolute Gasteiger partial charge is 0.382 e. The van der Waals surface area contributed by atoms with E-state index < -0.39 is 15.5 Å². The van der Waals surface area contributed by atoms with Crippen molar-refractivity contribution < 1.29 is 17.4 Å². The molecule has 5 nitrogen and oxygen atoms in total. The number of amides is 1. The Kier molecular flexibility index (Phi) is 7.35. The molecule has 130 valence electrons. The van der Waals surface area contributed by atoms with Gasteiger partial charge in [0.1, 0.15) is 11.1 Å². The molecule has 0 unspecified atom stereocenters. The van der Waals surface area contributed by atoms with Crippen molar-refractivity contribution in [2.75, 3.05) is 5.75 Å². The number of halogens is 1. The summed E-state index contributed by atoms with van der Waals surface area (Å²) in [6.45, 7) is 7.47. The topological polar surface area (TPSA) is 63.7 Å². The molecule has 0 saturated carbocycles. The lowest BCUT2D eigenvalue weighted by molar-refractivity contribution is -0.133. The molecule has 1 aromatic rings. The van der Waals surface area contributed by atoms with Crippen molar-refractivity contribution in [3.05, 3.63) is 29.8 Å². The molecule has 0 heterocycles. The van der Waals surface area contributed by atoms with Gasteiger partial charge in [-0.1, -0.05) is 19.1 Å². The predicted octanol–water partition coefficient (Wildman–Crippen LogP) is 3.17. The lowest BCUT2D eigenvalue weighted by atomic mass is 10.1. The van der Waals surface area contributed by atoms with Gasteiger partial charge in [0.2, 0.25) is 5.91 Å². The lowest BCUT2D eigenvalue weighted by Gasteiger charge is -2.30. The van der Waals surface area contributed by atoms with Gasteiger partial charge in [0.25, 0.3) is 0 Å². The highest BCUT2D eigenvalue weighted by Crippen LogP contribution is 2.19. The Morgan fingerprint density at radius 1 is 1.30 bits per heavy atom. The Hall–Kier alpha value is -1.27. The van der Waals surface area contributed by atoms with Crippen LogP contribution in [0.3, 0.4) is 0 Å². The van der Waals surface area contributed by atoms with Crippen molar-refractivity contribution in [1.29, 1.82) is 0 Å². The van der Waals surface area contributed by atoms with Crippen LogP contribution in [0.1, 0.15) is 39.7 Å². The molecule has 0 spiro atoms. The SMILES string of the molecule is CC[C@H](C)N(Cc1cccc(OS(=O)(=O)CC)c1)C(=O)[C@H](C)Cl. The molecule has 1 amide bonds. The minimum absolute atomic E-state index is 0.0349. The van der Waals surface area contributed by atoms with E-state index in [1.807, 2.05) is 19.9 Å². The van der Waals surface area contributed by atoms with Crippen LogP contribution in [-0.2, 0) is 21.5 Å². The number of rotatable bonds is 8. The van der Waals surface area contributed by atoms with Crippen molar-refractivity contribution in [3.8, 4) is 5.75 Å². The van der Waals surface area contributed by atoms with Gasteiger partial charge in [0.05, 0.1) is 5.75 Å². The molecular formula is C16H24ClNO4S. The van der Waals surface area contributed by atoms with Crippen LogP contribution in [0.5, 0.6) is 5.75 Å². The molecular weight excluding hydrogens is 338 g/mol. The fourth-order valence-electron chi connectivity index (χ4n) is 2.00. The first-order valence-electron chi connectivity index (χ1n) is 7.65. The zero-order valence-electron chi connectivity index (χ0n) is 14.0. The second kappa shape index (κ2) is 8.55. The Morgan fingerprint density at radius 2 is 1.96 bits per heavy atom. The Bertz CT molecular complexity index is 631. The Morgan fingerprint density at radius 3 is 2.48 bits per heavy atom. The highest BCUT2D eigenvalue weighted by Gasteiger charge is 2.23. The van der Waals surface area contributed by atoms with E-state index in [0.29, 0.717) is 6.54 Å². The Labute approximate surface area is 143 Å². The van der Waals surface area contributed by atoms with E-state index in [-0.39, 0.29) is 23.5 Å². The first-order chi connectivity index (χ1) is 10.7. The van der Waals surface area contributed by atoms with Crippen LogP contribution < -0.4 is 4.18 Å². The number of benzene rings is 1. The zero-order valence-corrected chi connectivity index (χ0v) is 15.5. The third kappa shape index (κ3) is 6.03. The highest BCUT2D eigenvalue weighted by atomic mass is 35.5. The zero-order chi connectivity index (χ0) is 17.6. The maximum absolute atomic E-state index is 12.3. The van der Waals surface area contributed by atoms with Gasteiger partial charge in [-0.2, -0.15) is 8.42 Å². The molecule has 0 aliphatic rings. The average molecular weight is 362 g/mol. The third-order valence-electron chi connectivity index (χ3n) is 3.57. The van der Waals surface area contributed by atoms with Gasteiger partial charge in [0, 0.05) is 12.6 Å². The molecule has 23 heavy (non-hydrogen) atoms. The fourth-order valence-corrected chi connectivity index (χ4v) is 2.64. The summed E-state index contributed by atoms with van der Waals surface area (Å²) in [7, 11) is -3.57. The molecule has 0 saturated heterocycles. The first kappa shape index (κ1) is 19.8. The number of hydrogen-bond donors (Lipinski definition) is 0. The molecule has 0 aliphatic carbocycles. The number of alkyl halides is 1. The van der Waals surface area contributed by atoms with Gasteiger partial charge in [0.15, 0.2) is 0 Å². The summed E-state index contributed by atoms with van der Waals surface area (Å²) in [5.74, 6) is 0.00620. The second-order valence-electron chi connectivity index (χ2n) is 5.42. The summed E-state index contributed by atoms with van der Waals surface area (Å²) >= 11 is 5.93. The van der Waals surface area contributed by atoms with Gasteiger partial charge in [-0.3, -0.25) is 4.79 Å². The van der Waals surface area contributed by atoms with Crippen LogP contribution >= 0.6 is 11.6 Å². The molecule has 1 aromatic carbocycles. The van der Waals surface area contributed by atoms with Crippen LogP contribution in [0, 0.1) is 0 Å². The number of nitrogens with zero attached hydrogens (tertiary/aromatic N) is 1. The van der Waals surface area contributed by atoms with Gasteiger partial charge in [-0.05, 0) is 44.9 Å². The smallest absolute Gasteiger partial charge is 0.308 e. The predicted molar refractivity (Wildman–Crippen MR) is 92.1 cm³/mol. The molecule has 0 aromatic heterocycles. The van der Waals surface area contributed by atoms with Crippen LogP contribution in [-0.4, -0.2) is 36.4 Å². The summed E-state index contributed by atoms with van der Waals surface area (Å²) in [5, 5.41) is -0.607. The van der Waals surface area contributed by atoms with Gasteiger partial charge < -0.3 is 9.08 Å². The fraction of sp³-hybridized carbons (Fsp3) is 0.562. The van der Waals surface area contributed by atoms with E-state index in [2.05, 4.69) is 0 Å². The van der Waals surface area contributed by atoms with Crippen molar-refractivity contribution in [3.63, 3.8) is 0 Å². The summed E-state index contributed by atoms with van der Waals surface area (Å²) < 4.78 is 28.1. The van der Waals surface area contributed by atoms with E-state index in [1.54, 1.807) is 30.0 Å². The van der Waals surface area contributed by atoms with Crippen molar-refractivity contribution in [2.24, 2.45) is 0 Å². The van der Waals surface area contributed by atoms with Gasteiger partial charge in [-0.25, -0.2) is 0 Å². The normalized spacial score (nSPS) is 14.1. The van der Waals surface area contributed by atoms with E-state index in [9.17, 15) is 13.2 Å². The Balaban J connectivity index is 2.99. The number of carbonyl (C=O) groups is 1. The lowest BCUT2D eigenvalue weighted by Crippen LogP contribution is -2.41. The maximum Gasteiger partial charge on any atom is 0.308 e. The first-order valence-corrected chi connectivity index (χ1v) is 9.67. The summed E-state index contributed by atoms with van der Waals surface area (Å²) in [5.41, 5.74) is 0.791. The number of carbonyl (C=O) groups excluding carboxylic acids is 1. The van der Waals surface area contributed by atoms with E-state index in [4.69, 9.17) is 15.8 Å². The van der Waals surface area contributed by atoms with E-state index >= 15 is 0 Å². The van der Waals surface area contributed by atoms with Crippen LogP contribution in [0.25, 0.3) is 0 Å². The van der Waals surface area contributed by atoms with Crippen molar-refractivity contribution >= 4 is 27.6 Å². The minimum atomic E-state index is -3.57. The quantitative estimate of drug-likeness (QED) is 0.527. The second-order valence-corrected chi connectivity index (χ2v) is 7.93. The summed E-state index contributed by atoms with van der Waals surface area (Å²) in [6, 6.07) is 6.78. The molecule has 2 atom stereocenters. The van der Waals surface area contributed by atoms with Crippen molar-refractivity contribution in [2.45, 2.75) is 52.1 Å². The number of hydrogen-bond acceptors (Lipinski definition) is 4. The van der Waals surface area contributed by atoms with Gasteiger partial charge in [-0.15, -0.1) is 11.6 Å². The van der Waals surface area contributed by atoms with Crippen LogP contribution in [0.15, 0.2) is 24.3 Å². The molecule has 0 fully saturated rings. The molecule has 0 bridgehead atoms. The van der Waals surface area contributed by atoms with E-state index in [1.165, 1.54) is 6.92 Å².